The van der Waals surface area contributed by atoms with Crippen LogP contribution in [0.5, 0.6) is 0 Å². The number of carbonyl (C=O) groups excluding carboxylic acids is 5. The standard InChI is InChI=1S/C69H99N5O41/c1-23(41(60(96)97)74-66(102)105-21-32-30-12-8-6-10-28(30)29-11-7-9-13-31(29)32)106-63-57(73-27(5)83)69(103,59-51(94)56(47(90)37(18-77)107-59)115-68(65(100)101)15-34(85)43(71-25(3)81)55(114-68)46(89)36(87)17-76)58(95)40(110-63)22-104-61-44(72-26(4)82)48(91)52(38(19-78)108-61)111-62-50(93)49(92)53(39(20-79)109-62)112-67(64(98)99)14-33(84)42(70-24(2)80)54(113-67)45(88)35(86)16-75/h6-13,23,32-59,61-63,75-79,84-95,103H,14-22H2,1-5H3,(H,70,80)(H,71,81)(H,72,82)(H,73,83)(H,74,102)(H,96,97)(H,98,99)(H,100,101)/t23-,33+,34+,35-,36-,37-,38-,39-,40-,41+,42-,43-,44-,45-,46-,47+,48-,49-,50-,51-,52-,53+,54-,55-,56+,57+,58+,59-,61-,62+,63+,67-,68+,69-/m1/s1. The molecular formula is C69H99N5O41. The van der Waals surface area contributed by atoms with Crippen molar-refractivity contribution in [3.63, 3.8) is 0 Å². The summed E-state index contributed by atoms with van der Waals surface area (Å²) in [5.74, 6) is -17.4. The Morgan fingerprint density at radius 1 is 0.522 bits per heavy atom. The molecule has 5 amide bonds. The van der Waals surface area contributed by atoms with Crippen molar-refractivity contribution in [2.75, 3.05) is 46.2 Å². The van der Waals surface area contributed by atoms with Gasteiger partial charge in [-0.05, 0) is 29.2 Å². The van der Waals surface area contributed by atoms with E-state index in [9.17, 15) is 146 Å². The number of benzene rings is 2. The molecule has 0 radical (unpaired) electrons. The fourth-order valence-electron chi connectivity index (χ4n) is 15.4. The summed E-state index contributed by atoms with van der Waals surface area (Å²) in [6.07, 6.45) is -64.2. The molecule has 34 atom stereocenters. The molecule has 46 nitrogen and oxygen atoms in total. The van der Waals surface area contributed by atoms with Crippen molar-refractivity contribution >= 4 is 47.6 Å². The van der Waals surface area contributed by atoms with Gasteiger partial charge < -0.3 is 191 Å². The Kier molecular flexibility index (Phi) is 30.5. The fourth-order valence-corrected chi connectivity index (χ4v) is 15.4. The maximum atomic E-state index is 13.8. The number of amides is 5. The van der Waals surface area contributed by atoms with Crippen molar-refractivity contribution < 1.29 is 202 Å². The van der Waals surface area contributed by atoms with Crippen LogP contribution in [-0.2, 0) is 90.4 Å². The molecule has 9 rings (SSSR count). The van der Waals surface area contributed by atoms with E-state index in [2.05, 4.69) is 26.6 Å². The lowest BCUT2D eigenvalue weighted by molar-refractivity contribution is -0.385. The number of carboxylic acids is 3. The van der Waals surface area contributed by atoms with Crippen LogP contribution in [0.3, 0.4) is 0 Å². The normalized spacial score (nSPS) is 38.3. The van der Waals surface area contributed by atoms with E-state index in [4.69, 9.17) is 56.8 Å². The molecule has 0 aromatic heterocycles. The number of hydrogen-bond acceptors (Lipinski definition) is 38. The van der Waals surface area contributed by atoms with Gasteiger partial charge in [0.05, 0.1) is 70.0 Å². The zero-order chi connectivity index (χ0) is 84.9. The Morgan fingerprint density at radius 3 is 1.45 bits per heavy atom. The van der Waals surface area contributed by atoms with E-state index in [0.717, 1.165) is 56.9 Å². The first-order valence-corrected chi connectivity index (χ1v) is 36.3. The first kappa shape index (κ1) is 91.7. The van der Waals surface area contributed by atoms with Crippen LogP contribution in [0.4, 0.5) is 4.79 Å². The van der Waals surface area contributed by atoms with E-state index in [1.54, 1.807) is 36.4 Å². The van der Waals surface area contributed by atoms with E-state index >= 15 is 0 Å². The quantitative estimate of drug-likeness (QED) is 0.0323. The number of aliphatic hydroxyl groups excluding tert-OH is 17. The molecule has 6 fully saturated rings. The molecular weight excluding hydrogens is 1550 g/mol. The van der Waals surface area contributed by atoms with E-state index in [1.165, 1.54) is 0 Å². The van der Waals surface area contributed by atoms with Gasteiger partial charge in [-0.15, -0.1) is 0 Å². The zero-order valence-corrected chi connectivity index (χ0v) is 62.0. The Hall–Kier alpha value is -7.16. The molecule has 0 spiro atoms. The lowest BCUT2D eigenvalue weighted by atomic mass is 9.73. The first-order valence-electron chi connectivity index (χ1n) is 36.3. The van der Waals surface area contributed by atoms with Gasteiger partial charge in [0, 0.05) is 46.5 Å². The molecule has 0 bridgehead atoms. The summed E-state index contributed by atoms with van der Waals surface area (Å²) in [5.41, 5.74) is -0.449. The summed E-state index contributed by atoms with van der Waals surface area (Å²) in [6.45, 7) is -3.37. The van der Waals surface area contributed by atoms with Crippen molar-refractivity contribution in [2.45, 2.75) is 260 Å². The summed E-state index contributed by atoms with van der Waals surface area (Å²) >= 11 is 0. The molecule has 1 aliphatic carbocycles. The third-order valence-electron chi connectivity index (χ3n) is 21.1. The number of ether oxygens (including phenoxy) is 12. The number of rotatable bonds is 32. The van der Waals surface area contributed by atoms with E-state index in [-0.39, 0.29) is 6.61 Å². The Labute approximate surface area is 651 Å². The van der Waals surface area contributed by atoms with Crippen LogP contribution in [0.2, 0.25) is 0 Å². The number of fused-ring (bicyclic) bond motifs is 3. The van der Waals surface area contributed by atoms with Crippen molar-refractivity contribution in [1.82, 2.24) is 26.6 Å². The Bertz CT molecular complexity index is 3660. The fraction of sp³-hybridized carbons (Fsp3) is 0.710. The Balaban J connectivity index is 1.03. The summed E-state index contributed by atoms with van der Waals surface area (Å²) in [7, 11) is 0. The van der Waals surface area contributed by atoms with Crippen LogP contribution < -0.4 is 26.6 Å². The maximum Gasteiger partial charge on any atom is 0.407 e. The largest absolute Gasteiger partial charge is 0.480 e. The number of alkyl carbamates (subject to hydrolysis) is 1. The number of carboxylic acid groups (broad SMARTS) is 3. The highest BCUT2D eigenvalue weighted by molar-refractivity contribution is 5.82. The number of aliphatic carboxylic acids is 3. The summed E-state index contributed by atoms with van der Waals surface area (Å²) in [6, 6.07) is 4.12. The summed E-state index contributed by atoms with van der Waals surface area (Å²) in [5, 5.41) is 248. The first-order chi connectivity index (χ1) is 54.2. The Morgan fingerprint density at radius 2 is 0.983 bits per heavy atom. The second-order valence-corrected chi connectivity index (χ2v) is 28.9. The second kappa shape index (κ2) is 38.3. The average Bonchev–Trinajstić information content (AvgIpc) is 1.30. The van der Waals surface area contributed by atoms with Crippen LogP contribution in [0.15, 0.2) is 48.5 Å². The van der Waals surface area contributed by atoms with Crippen molar-refractivity contribution in [3.05, 3.63) is 59.7 Å². The predicted molar refractivity (Wildman–Crippen MR) is 368 cm³/mol. The van der Waals surface area contributed by atoms with Crippen LogP contribution in [0.25, 0.3) is 11.1 Å². The van der Waals surface area contributed by atoms with Gasteiger partial charge in [0.15, 0.2) is 24.9 Å². The highest BCUT2D eigenvalue weighted by atomic mass is 16.8. The third kappa shape index (κ3) is 19.3. The topological polar surface area (TPSA) is 732 Å². The van der Waals surface area contributed by atoms with E-state index in [1.807, 2.05) is 12.1 Å². The molecule has 0 saturated carbocycles. The van der Waals surface area contributed by atoms with E-state index < -0.39 is 313 Å². The minimum Gasteiger partial charge on any atom is -0.480 e. The molecule has 26 N–H and O–H groups in total. The highest BCUT2D eigenvalue weighted by Gasteiger charge is 2.69. The van der Waals surface area contributed by atoms with Crippen LogP contribution in [0.1, 0.15) is 64.5 Å². The molecule has 6 saturated heterocycles. The van der Waals surface area contributed by atoms with Gasteiger partial charge in [-0.1, -0.05) is 48.5 Å². The number of nitrogens with one attached hydrogen (secondary N) is 5. The minimum atomic E-state index is -3.62. The summed E-state index contributed by atoms with van der Waals surface area (Å²) < 4.78 is 70.7. The second-order valence-electron chi connectivity index (χ2n) is 28.9. The average molecular weight is 1650 g/mol. The third-order valence-corrected chi connectivity index (χ3v) is 21.1. The monoisotopic (exact) mass is 1650 g/mol. The zero-order valence-electron chi connectivity index (χ0n) is 62.0. The van der Waals surface area contributed by atoms with Crippen LogP contribution >= 0.6 is 0 Å². The van der Waals surface area contributed by atoms with Gasteiger partial charge in [0.2, 0.25) is 23.6 Å². The van der Waals surface area contributed by atoms with Crippen molar-refractivity contribution in [3.8, 4) is 11.1 Å². The van der Waals surface area contributed by atoms with Gasteiger partial charge in [0.25, 0.3) is 11.6 Å². The van der Waals surface area contributed by atoms with Crippen LogP contribution in [-0.4, -0.2) is 408 Å². The smallest absolute Gasteiger partial charge is 0.407 e. The van der Waals surface area contributed by atoms with E-state index in [0.29, 0.717) is 0 Å². The van der Waals surface area contributed by atoms with Gasteiger partial charge in [-0.3, -0.25) is 19.2 Å². The van der Waals surface area contributed by atoms with Crippen molar-refractivity contribution in [2.24, 2.45) is 0 Å². The SMILES string of the molecule is CC(=O)N[C@H]1[C@H](OC[C@H]2O[C@H](O[C@H](C)[C@H](NC(=O)OCC3c4ccccc4-c4ccccc43)C(=O)O)[C@H](NC(C)=O)[C@](O)([C@@H]3O[C@H](CO)[C@H](O)[C@H](O[C@]4(C(=O)O)C[C@H](O)[C@@H](NC(C)=O)[C@H]([C@H](O)[C@H](O)CO)O4)[C@H]3O)[C@H]2O)O[C@H](CO)[C@@H](O[C@@H]2O[C@H](CO)[C@H](O[C@]3(C(=O)O)C[C@H](O)[C@@H](NC(C)=O)[C@H]([C@H](O)[C@H](O)CO)O3)[C@H](O)[C@H]2O)[C@@H]1O. The molecule has 115 heavy (non-hydrogen) atoms. The molecule has 6 aliphatic heterocycles. The molecule has 46 heteroatoms. The van der Waals surface area contributed by atoms with Gasteiger partial charge in [-0.2, -0.15) is 0 Å². The molecule has 0 unspecified atom stereocenters. The molecule has 2 aromatic carbocycles. The molecule has 6 heterocycles. The van der Waals surface area contributed by atoms with Crippen molar-refractivity contribution in [1.29, 1.82) is 0 Å². The molecule has 7 aliphatic rings. The minimum absolute atomic E-state index is 0.360. The van der Waals surface area contributed by atoms with Gasteiger partial charge in [-0.25, -0.2) is 19.2 Å². The van der Waals surface area contributed by atoms with Gasteiger partial charge in [0.1, 0.15) is 146 Å². The maximum absolute atomic E-state index is 13.8. The number of aliphatic hydroxyl groups is 18. The molecule has 646 valence electrons. The lowest BCUT2D eigenvalue weighted by Gasteiger charge is -2.57. The lowest BCUT2D eigenvalue weighted by Crippen LogP contribution is -2.81. The number of hydrogen-bond donors (Lipinski definition) is 26. The summed E-state index contributed by atoms with van der Waals surface area (Å²) in [4.78, 5) is 105. The highest BCUT2D eigenvalue weighted by Crippen LogP contribution is 2.47. The number of carbonyl (C=O) groups is 8. The van der Waals surface area contributed by atoms with Crippen LogP contribution in [0, 0.1) is 0 Å². The molecule has 2 aromatic rings. The predicted octanol–water partition coefficient (Wildman–Crippen LogP) is -12.3. The van der Waals surface area contributed by atoms with Gasteiger partial charge >= 0.3 is 24.0 Å².